The molecule has 0 radical (unpaired) electrons. The Hall–Kier alpha value is -2.74. The first-order valence-corrected chi connectivity index (χ1v) is 8.89. The van der Waals surface area contributed by atoms with Crippen LogP contribution in [0.15, 0.2) is 17.1 Å². The molecule has 136 valence electrons. The van der Waals surface area contributed by atoms with E-state index in [4.69, 9.17) is 4.74 Å². The van der Waals surface area contributed by atoms with Crippen molar-refractivity contribution < 1.29 is 14.3 Å². The second-order valence-electron chi connectivity index (χ2n) is 6.24. The number of ketones is 1. The van der Waals surface area contributed by atoms with Gasteiger partial charge in [0.05, 0.1) is 5.39 Å². The van der Waals surface area contributed by atoms with Crippen molar-refractivity contribution in [2.24, 2.45) is 7.05 Å². The number of hydrogen-bond donors (Lipinski definition) is 1. The summed E-state index contributed by atoms with van der Waals surface area (Å²) in [5.41, 5.74) is 1.36. The van der Waals surface area contributed by atoms with Crippen LogP contribution in [0.2, 0.25) is 0 Å². The Morgan fingerprint density at radius 3 is 2.65 bits per heavy atom. The van der Waals surface area contributed by atoms with Crippen molar-refractivity contribution >= 4 is 33.3 Å². The van der Waals surface area contributed by atoms with Crippen LogP contribution in [0.3, 0.4) is 0 Å². The predicted molar refractivity (Wildman–Crippen MR) is 99.0 cm³/mol. The van der Waals surface area contributed by atoms with Gasteiger partial charge in [0, 0.05) is 23.7 Å². The molecular weight excluding hydrogens is 354 g/mol. The predicted octanol–water partition coefficient (Wildman–Crippen LogP) is 3.06. The maximum Gasteiger partial charge on any atom is 0.355 e. The number of aryl methyl sites for hydroxylation is 3. The van der Waals surface area contributed by atoms with Crippen LogP contribution in [0.25, 0.3) is 10.2 Å². The number of carbonyl (C=O) groups is 2. The molecule has 3 aromatic heterocycles. The average molecular weight is 373 g/mol. The van der Waals surface area contributed by atoms with Crippen LogP contribution in [0.4, 0.5) is 0 Å². The molecule has 0 amide bonds. The molecule has 3 aromatic rings. The summed E-state index contributed by atoms with van der Waals surface area (Å²) in [6.45, 7) is 6.90. The summed E-state index contributed by atoms with van der Waals surface area (Å²) in [4.78, 5) is 45.0. The van der Waals surface area contributed by atoms with Gasteiger partial charge in [0.15, 0.2) is 17.7 Å². The van der Waals surface area contributed by atoms with Gasteiger partial charge in [0.25, 0.3) is 5.56 Å². The van der Waals surface area contributed by atoms with Crippen LogP contribution in [0, 0.1) is 13.8 Å². The molecule has 8 heteroatoms. The van der Waals surface area contributed by atoms with Gasteiger partial charge in [-0.2, -0.15) is 0 Å². The summed E-state index contributed by atoms with van der Waals surface area (Å²) < 4.78 is 6.98. The summed E-state index contributed by atoms with van der Waals surface area (Å²) in [6.07, 6.45) is 0.838. The Bertz CT molecular complexity index is 1090. The SMILES string of the molecule is CC(=O)c1cc(C(=O)O[C@H](C)c2nc3sc(C)c(C)c3c(=O)[nH]2)n(C)c1. The highest BCUT2D eigenvalue weighted by Crippen LogP contribution is 2.27. The van der Waals surface area contributed by atoms with E-state index in [1.165, 1.54) is 28.9 Å². The van der Waals surface area contributed by atoms with Crippen molar-refractivity contribution in [3.8, 4) is 0 Å². The molecule has 0 fully saturated rings. The van der Waals surface area contributed by atoms with Gasteiger partial charge in [0.1, 0.15) is 10.5 Å². The number of hydrogen-bond acceptors (Lipinski definition) is 6. The number of ether oxygens (including phenoxy) is 1. The zero-order valence-electron chi connectivity index (χ0n) is 15.2. The Balaban J connectivity index is 1.89. The molecule has 3 heterocycles. The monoisotopic (exact) mass is 373 g/mol. The molecule has 0 bridgehead atoms. The topological polar surface area (TPSA) is 94.1 Å². The highest BCUT2D eigenvalue weighted by atomic mass is 32.1. The number of rotatable bonds is 4. The molecule has 0 aromatic carbocycles. The number of aromatic amines is 1. The maximum absolute atomic E-state index is 12.4. The molecular formula is C18H19N3O4S. The second-order valence-corrected chi connectivity index (χ2v) is 7.45. The molecule has 0 aliphatic rings. The molecule has 0 saturated carbocycles. The molecule has 1 atom stereocenters. The van der Waals surface area contributed by atoms with E-state index < -0.39 is 12.1 Å². The molecule has 1 N–H and O–H groups in total. The summed E-state index contributed by atoms with van der Waals surface area (Å²) in [5.74, 6) is -0.431. The lowest BCUT2D eigenvalue weighted by molar-refractivity contribution is 0.0309. The number of Topliss-reactive ketones (excluding diaryl/α,β-unsaturated/α-hetero) is 1. The van der Waals surface area contributed by atoms with Gasteiger partial charge in [-0.15, -0.1) is 11.3 Å². The third kappa shape index (κ3) is 3.08. The normalized spacial score (nSPS) is 12.3. The molecule has 0 unspecified atom stereocenters. The second kappa shape index (κ2) is 6.53. The lowest BCUT2D eigenvalue weighted by atomic mass is 10.2. The lowest BCUT2D eigenvalue weighted by Crippen LogP contribution is -2.18. The first-order chi connectivity index (χ1) is 12.2. The van der Waals surface area contributed by atoms with Crippen molar-refractivity contribution in [3.05, 3.63) is 50.1 Å². The van der Waals surface area contributed by atoms with E-state index in [-0.39, 0.29) is 22.9 Å². The quantitative estimate of drug-likeness (QED) is 0.560. The number of carbonyl (C=O) groups excluding carboxylic acids is 2. The largest absolute Gasteiger partial charge is 0.450 e. The minimum absolute atomic E-state index is 0.132. The number of thiophene rings is 1. The Morgan fingerprint density at radius 2 is 2.04 bits per heavy atom. The molecule has 3 rings (SSSR count). The zero-order valence-corrected chi connectivity index (χ0v) is 16.0. The van der Waals surface area contributed by atoms with E-state index in [1.807, 2.05) is 13.8 Å². The zero-order chi connectivity index (χ0) is 19.2. The number of nitrogens with one attached hydrogen (secondary N) is 1. The fraction of sp³-hybridized carbons (Fsp3) is 0.333. The smallest absolute Gasteiger partial charge is 0.355 e. The van der Waals surface area contributed by atoms with Crippen molar-refractivity contribution in [2.75, 3.05) is 0 Å². The van der Waals surface area contributed by atoms with Gasteiger partial charge in [0.2, 0.25) is 0 Å². The highest BCUT2D eigenvalue weighted by molar-refractivity contribution is 7.18. The molecule has 0 spiro atoms. The van der Waals surface area contributed by atoms with Gasteiger partial charge in [-0.05, 0) is 39.3 Å². The fourth-order valence-electron chi connectivity index (χ4n) is 2.70. The maximum atomic E-state index is 12.4. The molecule has 26 heavy (non-hydrogen) atoms. The molecule has 0 saturated heterocycles. The summed E-state index contributed by atoms with van der Waals surface area (Å²) in [5, 5.41) is 0.573. The fourth-order valence-corrected chi connectivity index (χ4v) is 3.74. The van der Waals surface area contributed by atoms with Crippen LogP contribution in [0.5, 0.6) is 0 Å². The van der Waals surface area contributed by atoms with E-state index in [2.05, 4.69) is 9.97 Å². The van der Waals surface area contributed by atoms with E-state index in [9.17, 15) is 14.4 Å². The van der Waals surface area contributed by atoms with E-state index in [0.717, 1.165) is 10.4 Å². The van der Waals surface area contributed by atoms with Crippen molar-refractivity contribution in [2.45, 2.75) is 33.8 Å². The Kier molecular flexibility index (Phi) is 4.53. The Labute approximate surface area is 153 Å². The number of aromatic nitrogens is 3. The first kappa shape index (κ1) is 18.1. The average Bonchev–Trinajstić information content (AvgIpc) is 3.08. The van der Waals surface area contributed by atoms with Gasteiger partial charge in [-0.3, -0.25) is 9.59 Å². The third-order valence-electron chi connectivity index (χ3n) is 4.35. The van der Waals surface area contributed by atoms with Gasteiger partial charge in [-0.25, -0.2) is 9.78 Å². The summed E-state index contributed by atoms with van der Waals surface area (Å²) in [7, 11) is 1.66. The van der Waals surface area contributed by atoms with Crippen molar-refractivity contribution in [1.29, 1.82) is 0 Å². The van der Waals surface area contributed by atoms with Gasteiger partial charge < -0.3 is 14.3 Å². The summed E-state index contributed by atoms with van der Waals surface area (Å²) in [6, 6.07) is 1.49. The van der Waals surface area contributed by atoms with Crippen LogP contribution in [-0.4, -0.2) is 26.3 Å². The van der Waals surface area contributed by atoms with Crippen LogP contribution >= 0.6 is 11.3 Å². The van der Waals surface area contributed by atoms with E-state index >= 15 is 0 Å². The third-order valence-corrected chi connectivity index (χ3v) is 5.45. The lowest BCUT2D eigenvalue weighted by Gasteiger charge is -2.12. The number of fused-ring (bicyclic) bond motifs is 1. The number of esters is 1. The molecule has 0 aliphatic heterocycles. The van der Waals surface area contributed by atoms with E-state index in [0.29, 0.717) is 15.8 Å². The molecule has 7 nitrogen and oxygen atoms in total. The first-order valence-electron chi connectivity index (χ1n) is 8.07. The number of H-pyrrole nitrogens is 1. The minimum atomic E-state index is -0.738. The standard InChI is InChI=1S/C18H19N3O4S/c1-8-11(4)26-17-14(8)16(23)19-15(20-17)10(3)25-18(24)13-6-12(9(2)22)7-21(13)5/h6-7,10H,1-5H3,(H,19,20,23)/t10-/m1/s1. The minimum Gasteiger partial charge on any atom is -0.450 e. The van der Waals surface area contributed by atoms with Crippen molar-refractivity contribution in [1.82, 2.24) is 14.5 Å². The van der Waals surface area contributed by atoms with E-state index in [1.54, 1.807) is 20.2 Å². The van der Waals surface area contributed by atoms with Crippen LogP contribution < -0.4 is 5.56 Å². The molecule has 0 aliphatic carbocycles. The van der Waals surface area contributed by atoms with Gasteiger partial charge in [-0.1, -0.05) is 0 Å². The Morgan fingerprint density at radius 1 is 1.35 bits per heavy atom. The van der Waals surface area contributed by atoms with Crippen LogP contribution in [-0.2, 0) is 11.8 Å². The van der Waals surface area contributed by atoms with Crippen molar-refractivity contribution in [3.63, 3.8) is 0 Å². The highest BCUT2D eigenvalue weighted by Gasteiger charge is 2.21. The summed E-state index contributed by atoms with van der Waals surface area (Å²) >= 11 is 1.44. The van der Waals surface area contributed by atoms with Crippen LogP contribution in [0.1, 0.15) is 57.1 Å². The number of nitrogens with zero attached hydrogens (tertiary/aromatic N) is 2. The van der Waals surface area contributed by atoms with Gasteiger partial charge >= 0.3 is 5.97 Å².